The standard InChI is InChI=1S/C7H5ClN2/c8-7-3-1-6(2-4-7)5-10-9/h1-5H. The van der Waals surface area contributed by atoms with Crippen LogP contribution in [0.2, 0.25) is 5.02 Å². The largest absolute Gasteiger partial charge is 0.361 e. The summed E-state index contributed by atoms with van der Waals surface area (Å²) in [5.74, 6) is 0. The molecule has 2 nitrogen and oxygen atoms in total. The molecule has 0 aromatic heterocycles. The maximum absolute atomic E-state index is 8.13. The molecule has 0 unspecified atom stereocenters. The molecule has 10 heavy (non-hydrogen) atoms. The highest BCUT2D eigenvalue weighted by molar-refractivity contribution is 6.30. The monoisotopic (exact) mass is 152 g/mol. The first-order valence-corrected chi connectivity index (χ1v) is 3.14. The Bertz CT molecular complexity index is 259. The van der Waals surface area contributed by atoms with Gasteiger partial charge in [-0.25, -0.2) is 0 Å². The van der Waals surface area contributed by atoms with E-state index in [0.717, 1.165) is 5.56 Å². The van der Waals surface area contributed by atoms with Crippen molar-refractivity contribution in [2.24, 2.45) is 0 Å². The molecule has 0 radical (unpaired) electrons. The molecular weight excluding hydrogens is 148 g/mol. The van der Waals surface area contributed by atoms with Gasteiger partial charge >= 0.3 is 0 Å². The summed E-state index contributed by atoms with van der Waals surface area (Å²) >= 11 is 5.60. The minimum Gasteiger partial charge on any atom is -0.361 e. The van der Waals surface area contributed by atoms with Gasteiger partial charge in [0.05, 0.1) is 5.56 Å². The molecule has 0 saturated carbocycles. The third kappa shape index (κ3) is 1.69. The first kappa shape index (κ1) is 7.00. The smallest absolute Gasteiger partial charge is 0.287 e. The zero-order valence-corrected chi connectivity index (χ0v) is 5.92. The highest BCUT2D eigenvalue weighted by Gasteiger charge is 1.90. The van der Waals surface area contributed by atoms with Crippen LogP contribution in [0.3, 0.4) is 0 Å². The van der Waals surface area contributed by atoms with E-state index >= 15 is 0 Å². The van der Waals surface area contributed by atoms with Gasteiger partial charge in [-0.15, -0.1) is 0 Å². The van der Waals surface area contributed by atoms with E-state index in [1.54, 1.807) is 24.3 Å². The van der Waals surface area contributed by atoms with Crippen LogP contribution in [0.5, 0.6) is 0 Å². The molecule has 0 atom stereocenters. The highest BCUT2D eigenvalue weighted by Crippen LogP contribution is 2.07. The molecule has 0 N–H and O–H groups in total. The van der Waals surface area contributed by atoms with Crippen molar-refractivity contribution in [3.63, 3.8) is 0 Å². The van der Waals surface area contributed by atoms with E-state index in [9.17, 15) is 0 Å². The van der Waals surface area contributed by atoms with Gasteiger partial charge in [0, 0.05) is 5.02 Å². The van der Waals surface area contributed by atoms with Crippen molar-refractivity contribution < 1.29 is 4.79 Å². The summed E-state index contributed by atoms with van der Waals surface area (Å²) in [5.41, 5.74) is 8.95. The number of halogens is 1. The van der Waals surface area contributed by atoms with E-state index in [1.165, 1.54) is 6.21 Å². The first-order chi connectivity index (χ1) is 4.83. The summed E-state index contributed by atoms with van der Waals surface area (Å²) < 4.78 is 0. The predicted molar refractivity (Wildman–Crippen MR) is 40.2 cm³/mol. The summed E-state index contributed by atoms with van der Waals surface area (Å²) in [6.45, 7) is 0. The number of hydrogen-bond donors (Lipinski definition) is 0. The Kier molecular flexibility index (Phi) is 2.21. The zero-order valence-electron chi connectivity index (χ0n) is 5.16. The van der Waals surface area contributed by atoms with Gasteiger partial charge in [-0.1, -0.05) is 11.6 Å². The Morgan fingerprint density at radius 1 is 1.30 bits per heavy atom. The average Bonchev–Trinajstić information content (AvgIpc) is 1.95. The Labute approximate surface area is 63.7 Å². The van der Waals surface area contributed by atoms with E-state index < -0.39 is 0 Å². The van der Waals surface area contributed by atoms with E-state index in [0.29, 0.717) is 5.02 Å². The topological polar surface area (TPSA) is 36.4 Å². The second-order valence-corrected chi connectivity index (χ2v) is 2.23. The van der Waals surface area contributed by atoms with Crippen molar-refractivity contribution in [1.82, 2.24) is 0 Å². The quantitative estimate of drug-likeness (QED) is 0.335. The van der Waals surface area contributed by atoms with E-state index in [4.69, 9.17) is 17.1 Å². The lowest BCUT2D eigenvalue weighted by atomic mass is 10.2. The normalized spacial score (nSPS) is 8.50. The minimum atomic E-state index is 0.676. The molecular formula is C7H5ClN2. The lowest BCUT2D eigenvalue weighted by Gasteiger charge is -1.85. The van der Waals surface area contributed by atoms with Crippen molar-refractivity contribution in [2.75, 3.05) is 0 Å². The molecule has 0 aliphatic rings. The molecule has 3 heteroatoms. The van der Waals surface area contributed by atoms with Gasteiger partial charge in [0.25, 0.3) is 6.21 Å². The zero-order chi connectivity index (χ0) is 7.40. The molecule has 1 aromatic carbocycles. The van der Waals surface area contributed by atoms with Crippen LogP contribution in [0, 0.1) is 0 Å². The Morgan fingerprint density at radius 2 is 1.90 bits per heavy atom. The van der Waals surface area contributed by atoms with Crippen LogP contribution in [0.15, 0.2) is 24.3 Å². The summed E-state index contributed by atoms with van der Waals surface area (Å²) in [6.07, 6.45) is 1.34. The molecule has 0 aliphatic heterocycles. The summed E-state index contributed by atoms with van der Waals surface area (Å²) in [4.78, 5) is 2.87. The van der Waals surface area contributed by atoms with Crippen LogP contribution >= 0.6 is 11.6 Å². The molecule has 0 fully saturated rings. The van der Waals surface area contributed by atoms with Crippen LogP contribution in [0.4, 0.5) is 0 Å². The third-order valence-corrected chi connectivity index (χ3v) is 1.33. The minimum absolute atomic E-state index is 0.676. The average molecular weight is 153 g/mol. The van der Waals surface area contributed by atoms with Crippen LogP contribution in [0.1, 0.15) is 5.56 Å². The fraction of sp³-hybridized carbons (Fsp3) is 0. The molecule has 1 aromatic rings. The number of nitrogens with zero attached hydrogens (tertiary/aromatic N) is 2. The van der Waals surface area contributed by atoms with Crippen molar-refractivity contribution >= 4 is 17.8 Å². The van der Waals surface area contributed by atoms with Gasteiger partial charge in [0.1, 0.15) is 0 Å². The van der Waals surface area contributed by atoms with Gasteiger partial charge < -0.3 is 5.53 Å². The van der Waals surface area contributed by atoms with E-state index in [2.05, 4.69) is 4.79 Å². The fourth-order valence-electron chi connectivity index (χ4n) is 0.616. The van der Waals surface area contributed by atoms with Crippen molar-refractivity contribution in [3.8, 4) is 0 Å². The lowest BCUT2D eigenvalue weighted by molar-refractivity contribution is 0.00456. The number of hydrogen-bond acceptors (Lipinski definition) is 0. The summed E-state index contributed by atoms with van der Waals surface area (Å²) in [7, 11) is 0. The molecule has 50 valence electrons. The molecule has 0 aliphatic carbocycles. The number of benzene rings is 1. The summed E-state index contributed by atoms with van der Waals surface area (Å²) in [5, 5.41) is 0.676. The van der Waals surface area contributed by atoms with Crippen LogP contribution < -0.4 is 0 Å². The fourth-order valence-corrected chi connectivity index (χ4v) is 0.742. The molecule has 0 spiro atoms. The SMILES string of the molecule is [N-]=[N+]=Cc1ccc(Cl)cc1. The maximum atomic E-state index is 8.13. The van der Waals surface area contributed by atoms with Crippen molar-refractivity contribution in [3.05, 3.63) is 40.4 Å². The van der Waals surface area contributed by atoms with E-state index in [-0.39, 0.29) is 0 Å². The van der Waals surface area contributed by atoms with Gasteiger partial charge in [0.2, 0.25) is 0 Å². The molecule has 0 bridgehead atoms. The highest BCUT2D eigenvalue weighted by atomic mass is 35.5. The van der Waals surface area contributed by atoms with E-state index in [1.807, 2.05) is 0 Å². The van der Waals surface area contributed by atoms with Gasteiger partial charge in [-0.05, 0) is 24.3 Å². The lowest BCUT2D eigenvalue weighted by Crippen LogP contribution is -1.78. The van der Waals surface area contributed by atoms with Gasteiger partial charge in [0.15, 0.2) is 0 Å². The first-order valence-electron chi connectivity index (χ1n) is 2.76. The molecule has 0 heterocycles. The molecule has 1 rings (SSSR count). The Hall–Kier alpha value is -1.11. The Balaban J connectivity index is 3.00. The van der Waals surface area contributed by atoms with Gasteiger partial charge in [-0.3, -0.25) is 0 Å². The van der Waals surface area contributed by atoms with Crippen LogP contribution in [-0.2, 0) is 0 Å². The summed E-state index contributed by atoms with van der Waals surface area (Å²) in [6, 6.07) is 7.00. The maximum Gasteiger partial charge on any atom is 0.287 e. The second-order valence-electron chi connectivity index (χ2n) is 1.80. The van der Waals surface area contributed by atoms with Crippen LogP contribution in [-0.4, -0.2) is 11.0 Å². The Morgan fingerprint density at radius 3 is 2.40 bits per heavy atom. The predicted octanol–water partition coefficient (Wildman–Crippen LogP) is 1.99. The van der Waals surface area contributed by atoms with Crippen molar-refractivity contribution in [2.45, 2.75) is 0 Å². The molecule has 0 amide bonds. The molecule has 0 saturated heterocycles. The number of rotatable bonds is 1. The van der Waals surface area contributed by atoms with Crippen molar-refractivity contribution in [1.29, 1.82) is 0 Å². The third-order valence-electron chi connectivity index (χ3n) is 1.08. The van der Waals surface area contributed by atoms with Gasteiger partial charge in [-0.2, -0.15) is 4.79 Å². The van der Waals surface area contributed by atoms with Crippen LogP contribution in [0.25, 0.3) is 5.53 Å². The second kappa shape index (κ2) is 3.16.